The topological polar surface area (TPSA) is 53.0 Å². The Labute approximate surface area is 60.4 Å². The number of benzene rings is 1. The van der Waals surface area contributed by atoms with Gasteiger partial charge in [-0.05, 0) is 17.0 Å². The molecule has 11 heavy (non-hydrogen) atoms. The molecule has 0 unspecified atom stereocenters. The first kappa shape index (κ1) is 6.09. The van der Waals surface area contributed by atoms with Gasteiger partial charge in [-0.3, -0.25) is 4.63 Å². The van der Waals surface area contributed by atoms with Gasteiger partial charge in [0.25, 0.3) is 5.52 Å². The minimum absolute atomic E-state index is 0.0394. The molecule has 2 aromatic rings. The highest BCUT2D eigenvalue weighted by Crippen LogP contribution is 2.10. The first-order valence-corrected chi connectivity index (χ1v) is 2.93. The van der Waals surface area contributed by atoms with Crippen molar-refractivity contribution in [3.63, 3.8) is 0 Å². The SMILES string of the molecule is [O-][n+]1onc2c(F)cccc21. The van der Waals surface area contributed by atoms with E-state index in [-0.39, 0.29) is 15.9 Å². The molecule has 0 aliphatic heterocycles. The molecule has 0 saturated heterocycles. The second-order valence-electron chi connectivity index (χ2n) is 2.04. The highest BCUT2D eigenvalue weighted by Gasteiger charge is 2.12. The minimum Gasteiger partial charge on any atom is -0.359 e. The third kappa shape index (κ3) is 0.739. The van der Waals surface area contributed by atoms with Gasteiger partial charge in [-0.2, -0.15) is 0 Å². The lowest BCUT2D eigenvalue weighted by molar-refractivity contribution is -0.782. The van der Waals surface area contributed by atoms with Crippen LogP contribution in [0.4, 0.5) is 4.39 Å². The highest BCUT2D eigenvalue weighted by atomic mass is 19.1. The van der Waals surface area contributed by atoms with Crippen molar-refractivity contribution in [2.75, 3.05) is 0 Å². The molecule has 4 nitrogen and oxygen atoms in total. The quantitative estimate of drug-likeness (QED) is 0.522. The van der Waals surface area contributed by atoms with E-state index in [1.807, 2.05) is 0 Å². The number of hydrogen-bond donors (Lipinski definition) is 0. The van der Waals surface area contributed by atoms with E-state index in [0.717, 1.165) is 0 Å². The van der Waals surface area contributed by atoms with Gasteiger partial charge in [0.1, 0.15) is 0 Å². The van der Waals surface area contributed by atoms with Crippen molar-refractivity contribution >= 4 is 11.0 Å². The fourth-order valence-electron chi connectivity index (χ4n) is 0.864. The van der Waals surface area contributed by atoms with Gasteiger partial charge in [-0.15, -0.1) is 0 Å². The van der Waals surface area contributed by atoms with E-state index < -0.39 is 5.82 Å². The zero-order chi connectivity index (χ0) is 7.84. The fraction of sp³-hybridized carbons (Fsp3) is 0. The smallest absolute Gasteiger partial charge is 0.283 e. The van der Waals surface area contributed by atoms with Crippen molar-refractivity contribution in [1.29, 1.82) is 0 Å². The molecule has 0 N–H and O–H groups in total. The number of nitrogens with zero attached hydrogens (tertiary/aromatic N) is 2. The summed E-state index contributed by atoms with van der Waals surface area (Å²) < 4.78 is 16.9. The average molecular weight is 154 g/mol. The summed E-state index contributed by atoms with van der Waals surface area (Å²) >= 11 is 0. The Morgan fingerprint density at radius 2 is 2.36 bits per heavy atom. The van der Waals surface area contributed by atoms with Crippen LogP contribution in [0.25, 0.3) is 11.0 Å². The van der Waals surface area contributed by atoms with Crippen molar-refractivity contribution in [1.82, 2.24) is 5.16 Å². The normalized spacial score (nSPS) is 10.6. The number of halogens is 1. The fourth-order valence-corrected chi connectivity index (χ4v) is 0.864. The van der Waals surface area contributed by atoms with E-state index in [2.05, 4.69) is 9.79 Å². The monoisotopic (exact) mass is 154 g/mol. The Morgan fingerprint density at radius 1 is 1.55 bits per heavy atom. The summed E-state index contributed by atoms with van der Waals surface area (Å²) in [6.07, 6.45) is 0. The molecule has 1 aromatic carbocycles. The third-order valence-corrected chi connectivity index (χ3v) is 1.37. The number of aromatic nitrogens is 2. The van der Waals surface area contributed by atoms with Crippen molar-refractivity contribution < 1.29 is 13.9 Å². The Bertz CT molecular complexity index is 398. The van der Waals surface area contributed by atoms with Crippen LogP contribution < -0.4 is 4.90 Å². The largest absolute Gasteiger partial charge is 0.359 e. The van der Waals surface area contributed by atoms with Gasteiger partial charge in [0.15, 0.2) is 5.82 Å². The standard InChI is InChI=1S/C6H3FN2O2/c7-4-2-1-3-5-6(4)8-11-9(5)10/h1-3H. The molecular formula is C6H3FN2O2. The van der Waals surface area contributed by atoms with Crippen LogP contribution in [0.1, 0.15) is 0 Å². The molecule has 1 aromatic heterocycles. The summed E-state index contributed by atoms with van der Waals surface area (Å²) in [4.78, 5) is 0.165. The average Bonchev–Trinajstić information content (AvgIpc) is 2.35. The predicted molar refractivity (Wildman–Crippen MR) is 32.9 cm³/mol. The van der Waals surface area contributed by atoms with Gasteiger partial charge in [0, 0.05) is 5.16 Å². The summed E-state index contributed by atoms with van der Waals surface area (Å²) in [5.74, 6) is -0.555. The minimum atomic E-state index is -0.555. The molecule has 2 rings (SSSR count). The maximum Gasteiger partial charge on any atom is 0.283 e. The maximum atomic E-state index is 12.7. The Morgan fingerprint density at radius 3 is 3.09 bits per heavy atom. The first-order chi connectivity index (χ1) is 5.29. The summed E-state index contributed by atoms with van der Waals surface area (Å²) in [5, 5.41) is 13.9. The third-order valence-electron chi connectivity index (χ3n) is 1.37. The number of hydrogen-bond acceptors (Lipinski definition) is 3. The van der Waals surface area contributed by atoms with Crippen molar-refractivity contribution in [3.8, 4) is 0 Å². The van der Waals surface area contributed by atoms with Crippen LogP contribution in [0.15, 0.2) is 22.8 Å². The Hall–Kier alpha value is -1.65. The molecule has 56 valence electrons. The second-order valence-corrected chi connectivity index (χ2v) is 2.04. The van der Waals surface area contributed by atoms with Gasteiger partial charge in [-0.1, -0.05) is 6.07 Å². The molecule has 1 heterocycles. The molecule has 0 aliphatic carbocycles. The van der Waals surface area contributed by atoms with Crippen LogP contribution in [-0.4, -0.2) is 5.16 Å². The van der Waals surface area contributed by atoms with E-state index in [9.17, 15) is 9.60 Å². The molecule has 0 amide bonds. The van der Waals surface area contributed by atoms with E-state index in [1.165, 1.54) is 18.2 Å². The molecule has 0 atom stereocenters. The van der Waals surface area contributed by atoms with Crippen LogP contribution in [-0.2, 0) is 0 Å². The lowest BCUT2D eigenvalue weighted by Gasteiger charge is -1.84. The van der Waals surface area contributed by atoms with Crippen LogP contribution >= 0.6 is 0 Å². The van der Waals surface area contributed by atoms with Crippen LogP contribution in [0.2, 0.25) is 0 Å². The zero-order valence-corrected chi connectivity index (χ0v) is 5.32. The molecule has 0 saturated carbocycles. The lowest BCUT2D eigenvalue weighted by Crippen LogP contribution is -2.22. The van der Waals surface area contributed by atoms with Crippen molar-refractivity contribution in [2.45, 2.75) is 0 Å². The van der Waals surface area contributed by atoms with Crippen LogP contribution in [0.5, 0.6) is 0 Å². The molecule has 0 bridgehead atoms. The van der Waals surface area contributed by atoms with Crippen molar-refractivity contribution in [2.24, 2.45) is 0 Å². The predicted octanol–water partition coefficient (Wildman–Crippen LogP) is 0.600. The van der Waals surface area contributed by atoms with Crippen LogP contribution in [0.3, 0.4) is 0 Å². The van der Waals surface area contributed by atoms with Gasteiger partial charge in [0.05, 0.1) is 0 Å². The van der Waals surface area contributed by atoms with Crippen molar-refractivity contribution in [3.05, 3.63) is 29.2 Å². The van der Waals surface area contributed by atoms with Gasteiger partial charge < -0.3 is 5.21 Å². The number of fused-ring (bicyclic) bond motifs is 1. The van der Waals surface area contributed by atoms with E-state index in [1.54, 1.807) is 0 Å². The van der Waals surface area contributed by atoms with Gasteiger partial charge in [-0.25, -0.2) is 4.39 Å². The summed E-state index contributed by atoms with van der Waals surface area (Å²) in [7, 11) is 0. The summed E-state index contributed by atoms with van der Waals surface area (Å²) in [6, 6.07) is 4.07. The van der Waals surface area contributed by atoms with E-state index in [4.69, 9.17) is 0 Å². The Balaban J connectivity index is 2.94. The van der Waals surface area contributed by atoms with Crippen LogP contribution in [0, 0.1) is 11.0 Å². The summed E-state index contributed by atoms with van der Waals surface area (Å²) in [5.41, 5.74) is 0.0625. The highest BCUT2D eigenvalue weighted by molar-refractivity contribution is 5.70. The summed E-state index contributed by atoms with van der Waals surface area (Å²) in [6.45, 7) is 0. The lowest BCUT2D eigenvalue weighted by atomic mass is 10.3. The van der Waals surface area contributed by atoms with E-state index in [0.29, 0.717) is 0 Å². The van der Waals surface area contributed by atoms with Gasteiger partial charge in [0.2, 0.25) is 5.52 Å². The zero-order valence-electron chi connectivity index (χ0n) is 5.32. The molecule has 0 spiro atoms. The number of rotatable bonds is 0. The Kier molecular flexibility index (Phi) is 1.06. The molecule has 0 fully saturated rings. The van der Waals surface area contributed by atoms with Gasteiger partial charge >= 0.3 is 0 Å². The molecule has 0 aliphatic rings. The maximum absolute atomic E-state index is 12.7. The molecule has 5 heteroatoms. The first-order valence-electron chi connectivity index (χ1n) is 2.93. The molecule has 0 radical (unpaired) electrons. The van der Waals surface area contributed by atoms with E-state index >= 15 is 0 Å². The molecular weight excluding hydrogens is 151 g/mol. The second kappa shape index (κ2) is 1.91.